The third-order valence-corrected chi connectivity index (χ3v) is 10.9. The van der Waals surface area contributed by atoms with Crippen molar-refractivity contribution >= 4 is 21.8 Å². The van der Waals surface area contributed by atoms with Crippen LogP contribution in [0, 0.1) is 11.3 Å². The second-order valence-electron chi connectivity index (χ2n) is 13.0. The number of carbonyl (C=O) groups is 2. The number of aliphatic hydroxyl groups excluding tert-OH is 1. The first-order valence-electron chi connectivity index (χ1n) is 16.3. The number of piperidine rings is 1. The van der Waals surface area contributed by atoms with Gasteiger partial charge in [0.15, 0.2) is 6.29 Å². The Balaban J connectivity index is 1.03. The van der Waals surface area contributed by atoms with E-state index in [0.717, 1.165) is 16.7 Å². The van der Waals surface area contributed by atoms with Crippen molar-refractivity contribution in [1.82, 2.24) is 14.9 Å². The molecule has 2 aliphatic rings. The fourth-order valence-corrected chi connectivity index (χ4v) is 7.41. The Morgan fingerprint density at radius 2 is 1.60 bits per heavy atom. The molecule has 3 N–H and O–H groups in total. The Bertz CT molecular complexity index is 1620. The molecule has 2 saturated heterocycles. The van der Waals surface area contributed by atoms with Crippen LogP contribution < -0.4 is 15.4 Å². The third-order valence-electron chi connectivity index (χ3n) is 8.96. The van der Waals surface area contributed by atoms with E-state index in [1.54, 1.807) is 31.4 Å². The standard InChI is InChI=1S/C36H45N3O8S/c1-36(2)24-46-35(28-9-13-29(45-3)14-10-28)47-32(36)34(42)37-20-17-31(40)33(41)38-23-25-18-21-39(22-19-25)48(43,44)30-15-11-27(12-16-30)26-7-5-4-6-8-26/h4-16,25,31-32,35,40H,17-24H2,1-3H3,(H,37,42)(H,38,41)/t31?,32-,35?/m0/s1. The van der Waals surface area contributed by atoms with E-state index in [0.29, 0.717) is 44.8 Å². The van der Waals surface area contributed by atoms with E-state index in [9.17, 15) is 23.1 Å². The van der Waals surface area contributed by atoms with Gasteiger partial charge in [-0.25, -0.2) is 8.42 Å². The van der Waals surface area contributed by atoms with Crippen molar-refractivity contribution in [3.63, 3.8) is 0 Å². The Kier molecular flexibility index (Phi) is 11.5. The summed E-state index contributed by atoms with van der Waals surface area (Å²) < 4.78 is 45.1. The highest BCUT2D eigenvalue weighted by Gasteiger charge is 2.43. The van der Waals surface area contributed by atoms with Crippen LogP contribution in [0.5, 0.6) is 5.75 Å². The zero-order valence-corrected chi connectivity index (χ0v) is 28.4. The van der Waals surface area contributed by atoms with Gasteiger partial charge in [-0.05, 0) is 60.6 Å². The first-order valence-corrected chi connectivity index (χ1v) is 17.7. The lowest BCUT2D eigenvalue weighted by Gasteiger charge is -2.41. The summed E-state index contributed by atoms with van der Waals surface area (Å²) in [5, 5.41) is 16.0. The number of amides is 2. The van der Waals surface area contributed by atoms with Crippen molar-refractivity contribution in [2.45, 2.75) is 56.5 Å². The van der Waals surface area contributed by atoms with Gasteiger partial charge >= 0.3 is 0 Å². The van der Waals surface area contributed by atoms with Crippen molar-refractivity contribution in [1.29, 1.82) is 0 Å². The molecule has 5 rings (SSSR count). The smallest absolute Gasteiger partial charge is 0.249 e. The molecule has 2 aliphatic heterocycles. The summed E-state index contributed by atoms with van der Waals surface area (Å²) in [6.07, 6.45) is -1.61. The van der Waals surface area contributed by atoms with Gasteiger partial charge < -0.3 is 30.0 Å². The SMILES string of the molecule is COc1ccc(C2OCC(C)(C)[C@H](C(=O)NCCC(O)C(=O)NCC3CCN(S(=O)(=O)c4ccc(-c5ccccc5)cc4)CC3)O2)cc1. The number of methoxy groups -OCH3 is 1. The Morgan fingerprint density at radius 1 is 0.958 bits per heavy atom. The molecule has 0 spiro atoms. The largest absolute Gasteiger partial charge is 0.497 e. The van der Waals surface area contributed by atoms with Gasteiger partial charge in [0.1, 0.15) is 18.0 Å². The summed E-state index contributed by atoms with van der Waals surface area (Å²) in [5.41, 5.74) is 2.14. The van der Waals surface area contributed by atoms with Crippen molar-refractivity contribution in [3.05, 3.63) is 84.4 Å². The van der Waals surface area contributed by atoms with Crippen LogP contribution in [0.3, 0.4) is 0 Å². The minimum Gasteiger partial charge on any atom is -0.497 e. The highest BCUT2D eigenvalue weighted by atomic mass is 32.2. The minimum absolute atomic E-state index is 0.0306. The molecular formula is C36H45N3O8S. The van der Waals surface area contributed by atoms with Crippen LogP contribution in [0.25, 0.3) is 11.1 Å². The third kappa shape index (κ3) is 8.61. The molecule has 258 valence electrons. The summed E-state index contributed by atoms with van der Waals surface area (Å²) >= 11 is 0. The van der Waals surface area contributed by atoms with Gasteiger partial charge in [-0.1, -0.05) is 68.4 Å². The molecular weight excluding hydrogens is 634 g/mol. The van der Waals surface area contributed by atoms with E-state index in [1.807, 2.05) is 68.4 Å². The summed E-state index contributed by atoms with van der Waals surface area (Å²) in [6, 6.07) is 23.9. The van der Waals surface area contributed by atoms with Crippen molar-refractivity contribution in [2.75, 3.05) is 39.9 Å². The van der Waals surface area contributed by atoms with Crippen LogP contribution in [0.4, 0.5) is 0 Å². The molecule has 0 bridgehead atoms. The maximum Gasteiger partial charge on any atom is 0.249 e. The monoisotopic (exact) mass is 679 g/mol. The number of aliphatic hydroxyl groups is 1. The van der Waals surface area contributed by atoms with Gasteiger partial charge in [0, 0.05) is 37.2 Å². The van der Waals surface area contributed by atoms with Crippen LogP contribution in [0.15, 0.2) is 83.8 Å². The predicted molar refractivity (Wildman–Crippen MR) is 180 cm³/mol. The van der Waals surface area contributed by atoms with E-state index in [4.69, 9.17) is 14.2 Å². The lowest BCUT2D eigenvalue weighted by molar-refractivity contribution is -0.258. The molecule has 11 nitrogen and oxygen atoms in total. The molecule has 2 heterocycles. The lowest BCUT2D eigenvalue weighted by Crippen LogP contribution is -2.52. The molecule has 2 fully saturated rings. The number of rotatable bonds is 12. The topological polar surface area (TPSA) is 144 Å². The van der Waals surface area contributed by atoms with E-state index in [1.165, 1.54) is 4.31 Å². The van der Waals surface area contributed by atoms with Gasteiger partial charge in [0.2, 0.25) is 21.8 Å². The second-order valence-corrected chi connectivity index (χ2v) is 14.9. The number of nitrogens with zero attached hydrogens (tertiary/aromatic N) is 1. The van der Waals surface area contributed by atoms with Crippen molar-refractivity contribution in [2.24, 2.45) is 11.3 Å². The first kappa shape index (κ1) is 35.5. The van der Waals surface area contributed by atoms with Gasteiger partial charge in [0.05, 0.1) is 18.6 Å². The number of hydrogen-bond donors (Lipinski definition) is 3. The van der Waals surface area contributed by atoms with Gasteiger partial charge in [-0.3, -0.25) is 9.59 Å². The zero-order valence-electron chi connectivity index (χ0n) is 27.6. The average molecular weight is 680 g/mol. The van der Waals surface area contributed by atoms with Crippen LogP contribution in [0.1, 0.15) is 45.0 Å². The number of ether oxygens (including phenoxy) is 3. The van der Waals surface area contributed by atoms with E-state index in [-0.39, 0.29) is 29.7 Å². The molecule has 0 radical (unpaired) electrons. The molecule has 0 saturated carbocycles. The van der Waals surface area contributed by atoms with Crippen LogP contribution in [-0.2, 0) is 29.1 Å². The highest BCUT2D eigenvalue weighted by molar-refractivity contribution is 7.89. The Hall–Kier alpha value is -3.81. The zero-order chi connectivity index (χ0) is 34.3. The fraction of sp³-hybridized carbons (Fsp3) is 0.444. The summed E-state index contributed by atoms with van der Waals surface area (Å²) in [5.74, 6) is -0.0906. The Morgan fingerprint density at radius 3 is 2.25 bits per heavy atom. The highest BCUT2D eigenvalue weighted by Crippen LogP contribution is 2.37. The molecule has 2 unspecified atom stereocenters. The van der Waals surface area contributed by atoms with Crippen molar-refractivity contribution < 1.29 is 37.3 Å². The molecule has 3 aromatic carbocycles. The van der Waals surface area contributed by atoms with Gasteiger partial charge in [-0.2, -0.15) is 4.31 Å². The molecule has 0 aromatic heterocycles. The van der Waals surface area contributed by atoms with Crippen LogP contribution >= 0.6 is 0 Å². The molecule has 12 heteroatoms. The lowest BCUT2D eigenvalue weighted by atomic mass is 9.85. The maximum absolute atomic E-state index is 13.3. The average Bonchev–Trinajstić information content (AvgIpc) is 3.11. The first-order chi connectivity index (χ1) is 23.0. The summed E-state index contributed by atoms with van der Waals surface area (Å²) in [4.78, 5) is 26.0. The normalized spacial score (nSPS) is 20.8. The number of sulfonamides is 1. The van der Waals surface area contributed by atoms with E-state index >= 15 is 0 Å². The molecule has 3 aromatic rings. The van der Waals surface area contributed by atoms with Crippen LogP contribution in [-0.4, -0.2) is 81.7 Å². The number of hydrogen-bond acceptors (Lipinski definition) is 8. The predicted octanol–water partition coefficient (Wildman–Crippen LogP) is 3.89. The Labute approximate surface area is 282 Å². The molecule has 48 heavy (non-hydrogen) atoms. The number of benzene rings is 3. The van der Waals surface area contributed by atoms with Gasteiger partial charge in [0.25, 0.3) is 0 Å². The van der Waals surface area contributed by atoms with Crippen LogP contribution in [0.2, 0.25) is 0 Å². The van der Waals surface area contributed by atoms with E-state index in [2.05, 4.69) is 10.6 Å². The molecule has 0 aliphatic carbocycles. The second kappa shape index (κ2) is 15.6. The maximum atomic E-state index is 13.3. The van der Waals surface area contributed by atoms with Gasteiger partial charge in [-0.15, -0.1) is 0 Å². The minimum atomic E-state index is -3.63. The quantitative estimate of drug-likeness (QED) is 0.262. The molecule has 2 amide bonds. The number of carbonyl (C=O) groups excluding carboxylic acids is 2. The van der Waals surface area contributed by atoms with Crippen molar-refractivity contribution in [3.8, 4) is 16.9 Å². The number of nitrogens with one attached hydrogen (secondary N) is 2. The van der Waals surface area contributed by atoms with E-state index < -0.39 is 39.8 Å². The fourth-order valence-electron chi connectivity index (χ4n) is 5.94. The summed E-state index contributed by atoms with van der Waals surface area (Å²) in [6.45, 7) is 5.18. The summed E-state index contributed by atoms with van der Waals surface area (Å²) in [7, 11) is -2.05. The molecule has 3 atom stereocenters.